The molecule has 162 valence electrons. The summed E-state index contributed by atoms with van der Waals surface area (Å²) >= 11 is 6.04. The van der Waals surface area contributed by atoms with Crippen LogP contribution in [0.2, 0.25) is 5.02 Å². The van der Waals surface area contributed by atoms with Gasteiger partial charge in [-0.15, -0.1) is 5.10 Å². The van der Waals surface area contributed by atoms with E-state index in [1.165, 1.54) is 41.3 Å². The molecule has 0 radical (unpaired) electrons. The molecule has 4 aromatic rings. The highest BCUT2D eigenvalue weighted by atomic mass is 35.5. The number of benzene rings is 2. The van der Waals surface area contributed by atoms with Gasteiger partial charge in [0.15, 0.2) is 17.0 Å². The molecule has 0 aliphatic carbocycles. The highest BCUT2D eigenvalue weighted by Gasteiger charge is 2.28. The Balaban J connectivity index is 1.38. The van der Waals surface area contributed by atoms with Gasteiger partial charge in [-0.3, -0.25) is 4.79 Å². The van der Waals surface area contributed by atoms with E-state index in [0.717, 1.165) is 0 Å². The number of halogens is 3. The molecular formula is C21H16ClF2N7O. The van der Waals surface area contributed by atoms with E-state index < -0.39 is 17.5 Å². The summed E-state index contributed by atoms with van der Waals surface area (Å²) in [5.74, 6) is -0.918. The van der Waals surface area contributed by atoms with E-state index in [9.17, 15) is 13.6 Å². The molecule has 2 aromatic heterocycles. The summed E-state index contributed by atoms with van der Waals surface area (Å²) in [4.78, 5) is 24.9. The lowest BCUT2D eigenvalue weighted by atomic mass is 10.1. The highest BCUT2D eigenvalue weighted by molar-refractivity contribution is 6.33. The predicted molar refractivity (Wildman–Crippen MR) is 114 cm³/mol. The van der Waals surface area contributed by atoms with Crippen molar-refractivity contribution in [1.82, 2.24) is 29.9 Å². The van der Waals surface area contributed by atoms with E-state index in [-0.39, 0.29) is 10.6 Å². The molecule has 1 aliphatic rings. The number of carbonyl (C=O) groups is 1. The van der Waals surface area contributed by atoms with Gasteiger partial charge in [0.1, 0.15) is 18.0 Å². The van der Waals surface area contributed by atoms with E-state index in [0.29, 0.717) is 48.8 Å². The number of hydrogen-bond donors (Lipinski definition) is 0. The number of amides is 1. The third kappa shape index (κ3) is 3.52. The van der Waals surface area contributed by atoms with Gasteiger partial charge < -0.3 is 9.80 Å². The van der Waals surface area contributed by atoms with E-state index in [1.807, 2.05) is 4.90 Å². The summed E-state index contributed by atoms with van der Waals surface area (Å²) in [5.41, 5.74) is 1.28. The normalized spacial score (nSPS) is 14.2. The minimum atomic E-state index is -0.642. The largest absolute Gasteiger partial charge is 0.351 e. The Labute approximate surface area is 186 Å². The van der Waals surface area contributed by atoms with Crippen molar-refractivity contribution in [2.24, 2.45) is 0 Å². The van der Waals surface area contributed by atoms with Crippen LogP contribution in [0.3, 0.4) is 0 Å². The molecule has 0 spiro atoms. The van der Waals surface area contributed by atoms with Gasteiger partial charge in [-0.2, -0.15) is 4.68 Å². The summed E-state index contributed by atoms with van der Waals surface area (Å²) in [6, 6.07) is 10.1. The third-order valence-electron chi connectivity index (χ3n) is 5.31. The SMILES string of the molecule is O=C(c1c(F)cccc1Cl)N1CCN(c2ncnc3c2nnn3-c2cccc(F)c2)CC1. The number of carbonyl (C=O) groups excluding carboxylic acids is 1. The van der Waals surface area contributed by atoms with Crippen molar-refractivity contribution in [2.75, 3.05) is 31.1 Å². The summed E-state index contributed by atoms with van der Waals surface area (Å²) in [6.45, 7) is 1.62. The van der Waals surface area contributed by atoms with Crippen LogP contribution in [0, 0.1) is 11.6 Å². The van der Waals surface area contributed by atoms with Crippen molar-refractivity contribution < 1.29 is 13.6 Å². The van der Waals surface area contributed by atoms with Crippen LogP contribution in [-0.2, 0) is 0 Å². The molecule has 3 heterocycles. The van der Waals surface area contributed by atoms with Gasteiger partial charge in [0.25, 0.3) is 5.91 Å². The molecule has 1 aliphatic heterocycles. The number of anilines is 1. The van der Waals surface area contributed by atoms with Crippen LogP contribution in [0.15, 0.2) is 48.8 Å². The van der Waals surface area contributed by atoms with Crippen molar-refractivity contribution in [1.29, 1.82) is 0 Å². The first-order valence-electron chi connectivity index (χ1n) is 9.83. The van der Waals surface area contributed by atoms with Crippen LogP contribution >= 0.6 is 11.6 Å². The highest BCUT2D eigenvalue weighted by Crippen LogP contribution is 2.25. The van der Waals surface area contributed by atoms with Crippen LogP contribution in [-0.4, -0.2) is 61.9 Å². The van der Waals surface area contributed by atoms with E-state index >= 15 is 0 Å². The van der Waals surface area contributed by atoms with Crippen LogP contribution < -0.4 is 4.90 Å². The monoisotopic (exact) mass is 455 g/mol. The number of piperazine rings is 1. The molecule has 5 rings (SSSR count). The molecule has 11 heteroatoms. The molecule has 1 fully saturated rings. The topological polar surface area (TPSA) is 80.0 Å². The van der Waals surface area contributed by atoms with Crippen molar-refractivity contribution >= 4 is 34.5 Å². The molecule has 32 heavy (non-hydrogen) atoms. The van der Waals surface area contributed by atoms with E-state index in [1.54, 1.807) is 17.0 Å². The van der Waals surface area contributed by atoms with Gasteiger partial charge in [0.05, 0.1) is 16.3 Å². The van der Waals surface area contributed by atoms with Crippen molar-refractivity contribution in [3.8, 4) is 5.69 Å². The first-order valence-corrected chi connectivity index (χ1v) is 10.2. The first kappa shape index (κ1) is 20.3. The second-order valence-electron chi connectivity index (χ2n) is 7.23. The second-order valence-corrected chi connectivity index (χ2v) is 7.63. The van der Waals surface area contributed by atoms with Gasteiger partial charge in [0, 0.05) is 26.2 Å². The van der Waals surface area contributed by atoms with Gasteiger partial charge in [-0.05, 0) is 30.3 Å². The average Bonchev–Trinajstić information content (AvgIpc) is 3.23. The van der Waals surface area contributed by atoms with Gasteiger partial charge in [-0.1, -0.05) is 28.9 Å². The maximum atomic E-state index is 14.1. The lowest BCUT2D eigenvalue weighted by Gasteiger charge is -2.35. The lowest BCUT2D eigenvalue weighted by molar-refractivity contribution is 0.0742. The van der Waals surface area contributed by atoms with Crippen LogP contribution in [0.1, 0.15) is 10.4 Å². The smallest absolute Gasteiger partial charge is 0.258 e. The Morgan fingerprint density at radius 3 is 2.53 bits per heavy atom. The summed E-state index contributed by atoms with van der Waals surface area (Å²) in [7, 11) is 0. The number of nitrogens with zero attached hydrogens (tertiary/aromatic N) is 7. The van der Waals surface area contributed by atoms with Crippen LogP contribution in [0.5, 0.6) is 0 Å². The van der Waals surface area contributed by atoms with Crippen molar-refractivity contribution in [2.45, 2.75) is 0 Å². The molecule has 0 bridgehead atoms. The maximum absolute atomic E-state index is 14.1. The fourth-order valence-electron chi connectivity index (χ4n) is 3.73. The molecule has 1 amide bonds. The zero-order valence-electron chi connectivity index (χ0n) is 16.6. The quantitative estimate of drug-likeness (QED) is 0.472. The first-order chi connectivity index (χ1) is 15.5. The molecule has 8 nitrogen and oxygen atoms in total. The Kier molecular flexibility index (Phi) is 5.14. The van der Waals surface area contributed by atoms with Gasteiger partial charge in [0.2, 0.25) is 0 Å². The average molecular weight is 456 g/mol. The molecule has 2 aromatic carbocycles. The minimum absolute atomic E-state index is 0.0869. The molecule has 0 saturated carbocycles. The molecule has 0 atom stereocenters. The predicted octanol–water partition coefficient (Wildman–Crippen LogP) is 3.10. The Hall–Kier alpha value is -3.66. The zero-order chi connectivity index (χ0) is 22.2. The minimum Gasteiger partial charge on any atom is -0.351 e. The van der Waals surface area contributed by atoms with Gasteiger partial charge >= 0.3 is 0 Å². The van der Waals surface area contributed by atoms with E-state index in [2.05, 4.69) is 20.3 Å². The molecule has 1 saturated heterocycles. The summed E-state index contributed by atoms with van der Waals surface area (Å²) in [5, 5.41) is 8.40. The fourth-order valence-corrected chi connectivity index (χ4v) is 3.98. The van der Waals surface area contributed by atoms with Crippen LogP contribution in [0.4, 0.5) is 14.6 Å². The maximum Gasteiger partial charge on any atom is 0.258 e. The molecular weight excluding hydrogens is 440 g/mol. The Morgan fingerprint density at radius 1 is 1.00 bits per heavy atom. The zero-order valence-corrected chi connectivity index (χ0v) is 17.4. The third-order valence-corrected chi connectivity index (χ3v) is 5.63. The fraction of sp³-hybridized carbons (Fsp3) is 0.190. The Morgan fingerprint density at radius 2 is 1.78 bits per heavy atom. The van der Waals surface area contributed by atoms with Gasteiger partial charge in [-0.25, -0.2) is 18.7 Å². The van der Waals surface area contributed by atoms with E-state index in [4.69, 9.17) is 11.6 Å². The molecule has 0 unspecified atom stereocenters. The molecule has 0 N–H and O–H groups in total. The van der Waals surface area contributed by atoms with Crippen molar-refractivity contribution in [3.63, 3.8) is 0 Å². The number of hydrogen-bond acceptors (Lipinski definition) is 6. The number of rotatable bonds is 3. The number of aromatic nitrogens is 5. The van der Waals surface area contributed by atoms with Crippen molar-refractivity contribution in [3.05, 3.63) is 71.0 Å². The Bertz CT molecular complexity index is 1300. The number of fused-ring (bicyclic) bond motifs is 1. The summed E-state index contributed by atoms with van der Waals surface area (Å²) < 4.78 is 29.2. The lowest BCUT2D eigenvalue weighted by Crippen LogP contribution is -2.49. The van der Waals surface area contributed by atoms with Crippen LogP contribution in [0.25, 0.3) is 16.9 Å². The second kappa shape index (κ2) is 8.12. The summed E-state index contributed by atoms with van der Waals surface area (Å²) in [6.07, 6.45) is 1.40. The standard InChI is InChI=1S/C21H16ClF2N7O/c22-15-5-2-6-16(24)17(15)21(32)30-9-7-29(8-10-30)19-18-20(26-12-25-19)31(28-27-18)14-4-1-3-13(23)11-14/h1-6,11-12H,7-10H2.